The first-order chi connectivity index (χ1) is 17.4. The maximum absolute atomic E-state index is 12.6. The van der Waals surface area contributed by atoms with E-state index in [-0.39, 0.29) is 23.5 Å². The number of carboxylic acid groups (broad SMARTS) is 1. The minimum atomic E-state index is -1.01. The molecule has 0 aliphatic carbocycles. The van der Waals surface area contributed by atoms with Gasteiger partial charge < -0.3 is 19.7 Å². The summed E-state index contributed by atoms with van der Waals surface area (Å²) in [5.74, 6) is -0.855. The highest BCUT2D eigenvalue weighted by molar-refractivity contribution is 9.10. The van der Waals surface area contributed by atoms with Crippen LogP contribution in [0.4, 0.5) is 0 Å². The fourth-order valence-corrected chi connectivity index (χ4v) is 4.11. The van der Waals surface area contributed by atoms with Crippen molar-refractivity contribution in [3.05, 3.63) is 99.5 Å². The molecule has 8 nitrogen and oxygen atoms in total. The Morgan fingerprint density at radius 1 is 1.03 bits per heavy atom. The largest absolute Gasteiger partial charge is 0.507 e. The molecule has 182 valence electrons. The normalized spacial score (nSPS) is 10.9. The highest BCUT2D eigenvalue weighted by Gasteiger charge is 2.14. The van der Waals surface area contributed by atoms with E-state index in [1.807, 2.05) is 24.3 Å². The number of fused-ring (bicyclic) bond motifs is 1. The molecule has 0 unspecified atom stereocenters. The van der Waals surface area contributed by atoms with E-state index in [0.29, 0.717) is 27.1 Å². The van der Waals surface area contributed by atoms with Crippen LogP contribution in [0, 0.1) is 0 Å². The van der Waals surface area contributed by atoms with Gasteiger partial charge in [0.15, 0.2) is 11.5 Å². The molecule has 0 atom stereocenters. The summed E-state index contributed by atoms with van der Waals surface area (Å²) in [5, 5.41) is 25.0. The summed E-state index contributed by atoms with van der Waals surface area (Å²) in [6.45, 7) is 0.134. The number of carboxylic acids is 1. The molecular formula is C27H21BrN2O6. The van der Waals surface area contributed by atoms with Crippen LogP contribution in [0.5, 0.6) is 17.2 Å². The number of benzene rings is 4. The number of aromatic carboxylic acids is 1. The lowest BCUT2D eigenvalue weighted by molar-refractivity contribution is 0.0696. The number of phenolic OH excluding ortho intramolecular Hbond substituents is 1. The van der Waals surface area contributed by atoms with Crippen LogP contribution in [0.15, 0.2) is 82.4 Å². The zero-order chi connectivity index (χ0) is 25.7. The molecule has 0 radical (unpaired) electrons. The molecule has 0 saturated heterocycles. The number of carbonyl (C=O) groups excluding carboxylic acids is 1. The molecule has 0 saturated carbocycles. The van der Waals surface area contributed by atoms with Gasteiger partial charge in [0.1, 0.15) is 12.4 Å². The van der Waals surface area contributed by atoms with Gasteiger partial charge in [0.25, 0.3) is 5.91 Å². The summed E-state index contributed by atoms with van der Waals surface area (Å²) in [6.07, 6.45) is 1.43. The number of phenols is 1. The number of rotatable bonds is 8. The van der Waals surface area contributed by atoms with Gasteiger partial charge in [-0.15, -0.1) is 0 Å². The molecule has 0 fully saturated rings. The first-order valence-corrected chi connectivity index (χ1v) is 11.5. The topological polar surface area (TPSA) is 117 Å². The van der Waals surface area contributed by atoms with Crippen LogP contribution >= 0.6 is 15.9 Å². The molecule has 4 rings (SSSR count). The molecule has 0 spiro atoms. The molecule has 3 N–H and O–H groups in total. The smallest absolute Gasteiger partial charge is 0.335 e. The zero-order valence-electron chi connectivity index (χ0n) is 19.1. The van der Waals surface area contributed by atoms with E-state index in [9.17, 15) is 14.7 Å². The Kier molecular flexibility index (Phi) is 7.50. The van der Waals surface area contributed by atoms with Gasteiger partial charge in [0.05, 0.1) is 28.9 Å². The third kappa shape index (κ3) is 5.64. The van der Waals surface area contributed by atoms with Crippen molar-refractivity contribution in [3.8, 4) is 17.2 Å². The standard InChI is InChI=1S/C27H21BrN2O6/c1-35-24-11-17(10-22(28)25(24)36-15-16-5-4-8-20(9-16)27(33)34)14-29-30-26(32)21-12-18-6-2-3-7-19(18)13-23(21)31/h2-14,31H,15H2,1H3,(H,30,32)(H,33,34). The van der Waals surface area contributed by atoms with Crippen molar-refractivity contribution in [1.29, 1.82) is 0 Å². The van der Waals surface area contributed by atoms with Crippen LogP contribution in [0.3, 0.4) is 0 Å². The lowest BCUT2D eigenvalue weighted by atomic mass is 10.1. The number of ether oxygens (including phenoxy) is 2. The Balaban J connectivity index is 1.46. The number of hydrogen-bond acceptors (Lipinski definition) is 6. The number of hydrazone groups is 1. The number of methoxy groups -OCH3 is 1. The van der Waals surface area contributed by atoms with E-state index in [2.05, 4.69) is 26.5 Å². The number of nitrogens with zero attached hydrogens (tertiary/aromatic N) is 1. The van der Waals surface area contributed by atoms with E-state index in [0.717, 1.165) is 10.8 Å². The summed E-state index contributed by atoms with van der Waals surface area (Å²) >= 11 is 3.46. The molecule has 4 aromatic carbocycles. The average Bonchev–Trinajstić information content (AvgIpc) is 2.87. The van der Waals surface area contributed by atoms with Gasteiger partial charge in [0, 0.05) is 0 Å². The summed E-state index contributed by atoms with van der Waals surface area (Å²) < 4.78 is 11.9. The third-order valence-corrected chi connectivity index (χ3v) is 5.89. The van der Waals surface area contributed by atoms with Crippen molar-refractivity contribution in [2.75, 3.05) is 7.11 Å². The number of hydrogen-bond donors (Lipinski definition) is 3. The second kappa shape index (κ2) is 10.9. The average molecular weight is 549 g/mol. The first-order valence-electron chi connectivity index (χ1n) is 10.7. The van der Waals surface area contributed by atoms with Crippen molar-refractivity contribution in [1.82, 2.24) is 5.43 Å². The zero-order valence-corrected chi connectivity index (χ0v) is 20.7. The van der Waals surface area contributed by atoms with Crippen LogP contribution in [0.25, 0.3) is 10.8 Å². The van der Waals surface area contributed by atoms with Gasteiger partial charge in [-0.3, -0.25) is 4.79 Å². The van der Waals surface area contributed by atoms with Crippen molar-refractivity contribution >= 4 is 44.8 Å². The predicted molar refractivity (Wildman–Crippen MR) is 139 cm³/mol. The first kappa shape index (κ1) is 24.7. The highest BCUT2D eigenvalue weighted by atomic mass is 79.9. The van der Waals surface area contributed by atoms with Crippen molar-refractivity contribution in [2.45, 2.75) is 6.61 Å². The number of aromatic hydroxyl groups is 1. The van der Waals surface area contributed by atoms with Gasteiger partial charge in [-0.1, -0.05) is 36.4 Å². The van der Waals surface area contributed by atoms with E-state index in [1.165, 1.54) is 25.5 Å². The molecule has 36 heavy (non-hydrogen) atoms. The lowest BCUT2D eigenvalue weighted by Crippen LogP contribution is -2.17. The van der Waals surface area contributed by atoms with Crippen LogP contribution in [-0.2, 0) is 6.61 Å². The second-order valence-corrected chi connectivity index (χ2v) is 8.60. The number of carbonyl (C=O) groups is 2. The lowest BCUT2D eigenvalue weighted by Gasteiger charge is -2.14. The van der Waals surface area contributed by atoms with Crippen molar-refractivity contribution < 1.29 is 29.3 Å². The van der Waals surface area contributed by atoms with Crippen LogP contribution in [0.2, 0.25) is 0 Å². The molecule has 0 bridgehead atoms. The SMILES string of the molecule is COc1cc(C=NNC(=O)c2cc3ccccc3cc2O)cc(Br)c1OCc1cccc(C(=O)O)c1. The van der Waals surface area contributed by atoms with Crippen molar-refractivity contribution in [3.63, 3.8) is 0 Å². The molecule has 0 aliphatic heterocycles. The second-order valence-electron chi connectivity index (χ2n) is 7.74. The van der Waals surface area contributed by atoms with Crippen LogP contribution < -0.4 is 14.9 Å². The maximum atomic E-state index is 12.6. The minimum absolute atomic E-state index is 0.111. The summed E-state index contributed by atoms with van der Waals surface area (Å²) in [5.41, 5.74) is 4.01. The monoisotopic (exact) mass is 548 g/mol. The van der Waals surface area contributed by atoms with E-state index < -0.39 is 11.9 Å². The Morgan fingerprint density at radius 2 is 1.78 bits per heavy atom. The summed E-state index contributed by atoms with van der Waals surface area (Å²) in [4.78, 5) is 23.7. The molecule has 9 heteroatoms. The maximum Gasteiger partial charge on any atom is 0.335 e. The van der Waals surface area contributed by atoms with Gasteiger partial charge in [-0.2, -0.15) is 5.10 Å². The van der Waals surface area contributed by atoms with Gasteiger partial charge in [-0.05, 0) is 74.2 Å². The van der Waals surface area contributed by atoms with Gasteiger partial charge >= 0.3 is 5.97 Å². The molecule has 0 aromatic heterocycles. The predicted octanol–water partition coefficient (Wildman–Crippen LogP) is 5.36. The quantitative estimate of drug-likeness (QED) is 0.201. The van der Waals surface area contributed by atoms with E-state index >= 15 is 0 Å². The van der Waals surface area contributed by atoms with Gasteiger partial charge in [0.2, 0.25) is 0 Å². The molecule has 1 amide bonds. The number of amides is 1. The molecule has 0 heterocycles. The van der Waals surface area contributed by atoms with Gasteiger partial charge in [-0.25, -0.2) is 10.2 Å². The van der Waals surface area contributed by atoms with Crippen LogP contribution in [0.1, 0.15) is 31.8 Å². The fraction of sp³-hybridized carbons (Fsp3) is 0.0741. The molecule has 0 aliphatic rings. The Labute approximate surface area is 214 Å². The highest BCUT2D eigenvalue weighted by Crippen LogP contribution is 2.37. The Hall–Kier alpha value is -4.37. The number of nitrogens with one attached hydrogen (secondary N) is 1. The third-order valence-electron chi connectivity index (χ3n) is 5.30. The Morgan fingerprint density at radius 3 is 2.50 bits per heavy atom. The van der Waals surface area contributed by atoms with E-state index in [4.69, 9.17) is 14.6 Å². The number of halogens is 1. The van der Waals surface area contributed by atoms with Crippen LogP contribution in [-0.4, -0.2) is 35.4 Å². The molecule has 4 aromatic rings. The van der Waals surface area contributed by atoms with Crippen molar-refractivity contribution in [2.24, 2.45) is 5.10 Å². The van der Waals surface area contributed by atoms with E-state index in [1.54, 1.807) is 36.4 Å². The summed E-state index contributed by atoms with van der Waals surface area (Å²) in [6, 6.07) is 20.4. The fourth-order valence-electron chi connectivity index (χ4n) is 3.54. The molecular weight excluding hydrogens is 528 g/mol. The Bertz CT molecular complexity index is 1480. The minimum Gasteiger partial charge on any atom is -0.507 e. The summed E-state index contributed by atoms with van der Waals surface area (Å²) in [7, 11) is 1.49.